The number of unbranched alkanes of at least 4 members (excludes halogenated alkanes) is 2. The van der Waals surface area contributed by atoms with E-state index in [1.807, 2.05) is 24.3 Å². The van der Waals surface area contributed by atoms with Crippen LogP contribution >= 0.6 is 0 Å². The molecule has 0 bridgehead atoms. The SMILES string of the molecule is CCCC/C=C\c1cccc(CC(=O)[O-])c1. The van der Waals surface area contributed by atoms with Gasteiger partial charge in [-0.15, -0.1) is 0 Å². The number of hydrogen-bond acceptors (Lipinski definition) is 2. The van der Waals surface area contributed by atoms with Crippen LogP contribution in [0.25, 0.3) is 6.08 Å². The molecule has 0 unspecified atom stereocenters. The van der Waals surface area contributed by atoms with Crippen LogP contribution in [0, 0.1) is 0 Å². The third-order valence-corrected chi connectivity index (χ3v) is 2.33. The van der Waals surface area contributed by atoms with Crippen LogP contribution < -0.4 is 5.11 Å². The molecular formula is C14H17O2-. The number of aliphatic carboxylic acids is 1. The van der Waals surface area contributed by atoms with E-state index in [0.29, 0.717) is 0 Å². The van der Waals surface area contributed by atoms with Gasteiger partial charge in [-0.2, -0.15) is 0 Å². The van der Waals surface area contributed by atoms with E-state index in [1.54, 1.807) is 6.07 Å². The molecule has 86 valence electrons. The highest BCUT2D eigenvalue weighted by Crippen LogP contribution is 2.08. The Labute approximate surface area is 96.6 Å². The van der Waals surface area contributed by atoms with Crippen molar-refractivity contribution in [1.29, 1.82) is 0 Å². The van der Waals surface area contributed by atoms with Crippen LogP contribution in [0.3, 0.4) is 0 Å². The van der Waals surface area contributed by atoms with Gasteiger partial charge in [0.1, 0.15) is 0 Å². The lowest BCUT2D eigenvalue weighted by molar-refractivity contribution is -0.304. The first-order chi connectivity index (χ1) is 7.72. The number of carboxylic acid groups (broad SMARTS) is 1. The van der Waals surface area contributed by atoms with Crippen molar-refractivity contribution in [2.24, 2.45) is 0 Å². The van der Waals surface area contributed by atoms with E-state index >= 15 is 0 Å². The minimum atomic E-state index is -1.04. The number of rotatable bonds is 6. The Balaban J connectivity index is 2.59. The fourth-order valence-electron chi connectivity index (χ4n) is 1.51. The summed E-state index contributed by atoms with van der Waals surface area (Å²) in [5.41, 5.74) is 1.84. The molecule has 0 atom stereocenters. The second kappa shape index (κ2) is 6.83. The molecule has 0 aliphatic rings. The third kappa shape index (κ3) is 4.78. The fraction of sp³-hybridized carbons (Fsp3) is 0.357. The summed E-state index contributed by atoms with van der Waals surface area (Å²) in [4.78, 5) is 10.5. The lowest BCUT2D eigenvalue weighted by Gasteiger charge is -2.03. The van der Waals surface area contributed by atoms with E-state index in [-0.39, 0.29) is 6.42 Å². The maximum absolute atomic E-state index is 10.5. The summed E-state index contributed by atoms with van der Waals surface area (Å²) in [7, 11) is 0. The second-order valence-corrected chi connectivity index (χ2v) is 3.84. The predicted molar refractivity (Wildman–Crippen MR) is 63.7 cm³/mol. The number of hydrogen-bond donors (Lipinski definition) is 0. The van der Waals surface area contributed by atoms with E-state index in [1.165, 1.54) is 12.8 Å². The second-order valence-electron chi connectivity index (χ2n) is 3.84. The molecular weight excluding hydrogens is 200 g/mol. The van der Waals surface area contributed by atoms with Gasteiger partial charge in [0.2, 0.25) is 0 Å². The summed E-state index contributed by atoms with van der Waals surface area (Å²) in [6.07, 6.45) is 7.60. The average molecular weight is 217 g/mol. The van der Waals surface area contributed by atoms with Crippen LogP contribution in [-0.4, -0.2) is 5.97 Å². The molecule has 0 fully saturated rings. The Bertz CT molecular complexity index is 367. The molecule has 0 saturated heterocycles. The zero-order valence-corrected chi connectivity index (χ0v) is 9.61. The summed E-state index contributed by atoms with van der Waals surface area (Å²) >= 11 is 0. The van der Waals surface area contributed by atoms with Crippen LogP contribution in [-0.2, 0) is 11.2 Å². The fourth-order valence-corrected chi connectivity index (χ4v) is 1.51. The average Bonchev–Trinajstić information content (AvgIpc) is 2.24. The first kappa shape index (κ1) is 12.5. The summed E-state index contributed by atoms with van der Waals surface area (Å²) in [6.45, 7) is 2.16. The highest BCUT2D eigenvalue weighted by atomic mass is 16.4. The van der Waals surface area contributed by atoms with Gasteiger partial charge in [-0.1, -0.05) is 56.2 Å². The van der Waals surface area contributed by atoms with E-state index in [0.717, 1.165) is 17.5 Å². The van der Waals surface area contributed by atoms with Gasteiger partial charge in [0.25, 0.3) is 0 Å². The van der Waals surface area contributed by atoms with Crippen LogP contribution in [0.4, 0.5) is 0 Å². The minimum Gasteiger partial charge on any atom is -0.550 e. The molecule has 0 aliphatic heterocycles. The topological polar surface area (TPSA) is 40.1 Å². The third-order valence-electron chi connectivity index (χ3n) is 2.33. The van der Waals surface area contributed by atoms with Gasteiger partial charge in [0.05, 0.1) is 0 Å². The molecule has 1 rings (SSSR count). The summed E-state index contributed by atoms with van der Waals surface area (Å²) < 4.78 is 0. The number of carbonyl (C=O) groups excluding carboxylic acids is 1. The molecule has 0 aliphatic carbocycles. The van der Waals surface area contributed by atoms with E-state index in [9.17, 15) is 9.90 Å². The summed E-state index contributed by atoms with van der Waals surface area (Å²) in [5, 5.41) is 10.5. The Morgan fingerprint density at radius 2 is 2.25 bits per heavy atom. The van der Waals surface area contributed by atoms with Gasteiger partial charge < -0.3 is 9.90 Å². The number of carboxylic acids is 1. The number of allylic oxidation sites excluding steroid dienone is 1. The van der Waals surface area contributed by atoms with Crippen molar-refractivity contribution < 1.29 is 9.90 Å². The van der Waals surface area contributed by atoms with Crippen molar-refractivity contribution in [3.8, 4) is 0 Å². The standard InChI is InChI=1S/C14H18O2/c1-2-3-4-5-7-12-8-6-9-13(10-12)11-14(15)16/h5-10H,2-4,11H2,1H3,(H,15,16)/p-1/b7-5-. The van der Waals surface area contributed by atoms with Crippen molar-refractivity contribution in [1.82, 2.24) is 0 Å². The number of carbonyl (C=O) groups is 1. The zero-order chi connectivity index (χ0) is 11.8. The first-order valence-electron chi connectivity index (χ1n) is 5.67. The van der Waals surface area contributed by atoms with Gasteiger partial charge in [-0.3, -0.25) is 0 Å². The smallest absolute Gasteiger partial charge is 0.0458 e. The highest BCUT2D eigenvalue weighted by Gasteiger charge is 1.94. The Morgan fingerprint density at radius 1 is 1.44 bits per heavy atom. The molecule has 0 aromatic heterocycles. The molecule has 0 radical (unpaired) electrons. The van der Waals surface area contributed by atoms with Gasteiger partial charge in [-0.05, 0) is 17.5 Å². The van der Waals surface area contributed by atoms with Gasteiger partial charge in [0.15, 0.2) is 0 Å². The van der Waals surface area contributed by atoms with Crippen molar-refractivity contribution in [3.63, 3.8) is 0 Å². The lowest BCUT2D eigenvalue weighted by atomic mass is 10.1. The van der Waals surface area contributed by atoms with Crippen LogP contribution in [0.1, 0.15) is 37.3 Å². The largest absolute Gasteiger partial charge is 0.550 e. The van der Waals surface area contributed by atoms with Crippen LogP contribution in [0.5, 0.6) is 0 Å². The van der Waals surface area contributed by atoms with Gasteiger partial charge in [-0.25, -0.2) is 0 Å². The van der Waals surface area contributed by atoms with Crippen LogP contribution in [0.2, 0.25) is 0 Å². The maximum Gasteiger partial charge on any atom is 0.0458 e. The minimum absolute atomic E-state index is 0.0172. The molecule has 2 nitrogen and oxygen atoms in total. The van der Waals surface area contributed by atoms with Crippen LogP contribution in [0.15, 0.2) is 30.3 Å². The quantitative estimate of drug-likeness (QED) is 0.685. The summed E-state index contributed by atoms with van der Waals surface area (Å²) in [6, 6.07) is 7.54. The first-order valence-corrected chi connectivity index (χ1v) is 5.67. The van der Waals surface area contributed by atoms with E-state index in [2.05, 4.69) is 13.0 Å². The molecule has 1 aromatic rings. The van der Waals surface area contributed by atoms with Crippen molar-refractivity contribution in [3.05, 3.63) is 41.5 Å². The molecule has 0 N–H and O–H groups in total. The molecule has 0 saturated carbocycles. The Morgan fingerprint density at radius 3 is 2.94 bits per heavy atom. The lowest BCUT2D eigenvalue weighted by Crippen LogP contribution is -2.24. The van der Waals surface area contributed by atoms with E-state index in [4.69, 9.17) is 0 Å². The molecule has 0 heterocycles. The van der Waals surface area contributed by atoms with Crippen molar-refractivity contribution in [2.75, 3.05) is 0 Å². The predicted octanol–water partition coefficient (Wildman–Crippen LogP) is 2.18. The maximum atomic E-state index is 10.5. The monoisotopic (exact) mass is 217 g/mol. The molecule has 2 heteroatoms. The van der Waals surface area contributed by atoms with Gasteiger partial charge >= 0.3 is 0 Å². The molecule has 16 heavy (non-hydrogen) atoms. The van der Waals surface area contributed by atoms with Gasteiger partial charge in [0, 0.05) is 12.4 Å². The van der Waals surface area contributed by atoms with Crippen molar-refractivity contribution >= 4 is 12.0 Å². The highest BCUT2D eigenvalue weighted by molar-refractivity contribution is 5.68. The summed E-state index contributed by atoms with van der Waals surface area (Å²) in [5.74, 6) is -1.04. The number of benzene rings is 1. The molecule has 0 amide bonds. The zero-order valence-electron chi connectivity index (χ0n) is 9.61. The van der Waals surface area contributed by atoms with E-state index < -0.39 is 5.97 Å². The molecule has 0 spiro atoms. The Kier molecular flexibility index (Phi) is 5.34. The normalized spacial score (nSPS) is 10.8. The Hall–Kier alpha value is -1.57. The molecule has 1 aromatic carbocycles. The van der Waals surface area contributed by atoms with Crippen molar-refractivity contribution in [2.45, 2.75) is 32.6 Å².